The average Bonchev–Trinajstić information content (AvgIpc) is 2.91. The van der Waals surface area contributed by atoms with Crippen molar-refractivity contribution in [3.8, 4) is 5.75 Å². The summed E-state index contributed by atoms with van der Waals surface area (Å²) in [5.74, 6) is 0.540. The van der Waals surface area contributed by atoms with Crippen molar-refractivity contribution in [2.45, 2.75) is 6.92 Å². The molecule has 0 radical (unpaired) electrons. The number of aryl methyl sites for hydroxylation is 1. The first kappa shape index (κ1) is 15.8. The number of nitrogens with one attached hydrogen (secondary N) is 1. The third-order valence-corrected chi connectivity index (χ3v) is 4.03. The molecule has 0 fully saturated rings. The first-order valence-corrected chi connectivity index (χ1v) is 7.55. The molecule has 0 atom stereocenters. The Morgan fingerprint density at radius 3 is 2.38 bits per heavy atom. The van der Waals surface area contributed by atoms with Gasteiger partial charge in [0.1, 0.15) is 11.4 Å². The highest BCUT2D eigenvalue weighted by molar-refractivity contribution is 6.06. The van der Waals surface area contributed by atoms with Gasteiger partial charge in [0.2, 0.25) is 0 Å². The molecule has 0 saturated carbocycles. The lowest BCUT2D eigenvalue weighted by molar-refractivity contribution is 0.101. The number of benzene rings is 2. The van der Waals surface area contributed by atoms with E-state index in [1.54, 1.807) is 31.4 Å². The van der Waals surface area contributed by atoms with Gasteiger partial charge in [0.05, 0.1) is 7.11 Å². The molecule has 1 N–H and O–H groups in total. The summed E-state index contributed by atoms with van der Waals surface area (Å²) in [7, 11) is 3.46. The Morgan fingerprint density at radius 1 is 1.04 bits per heavy atom. The van der Waals surface area contributed by atoms with Crippen molar-refractivity contribution in [1.82, 2.24) is 4.57 Å². The minimum Gasteiger partial charge on any atom is -0.497 e. The highest BCUT2D eigenvalue weighted by atomic mass is 16.5. The van der Waals surface area contributed by atoms with Gasteiger partial charge in [-0.2, -0.15) is 0 Å². The number of fused-ring (bicyclic) bond motifs is 1. The lowest BCUT2D eigenvalue weighted by Crippen LogP contribution is -2.15. The zero-order valence-electron chi connectivity index (χ0n) is 13.8. The van der Waals surface area contributed by atoms with Gasteiger partial charge in [-0.1, -0.05) is 0 Å². The van der Waals surface area contributed by atoms with Crippen LogP contribution in [-0.4, -0.2) is 23.4 Å². The van der Waals surface area contributed by atoms with Gasteiger partial charge in [-0.25, -0.2) is 0 Å². The number of rotatable bonds is 4. The van der Waals surface area contributed by atoms with Crippen LogP contribution >= 0.6 is 0 Å². The van der Waals surface area contributed by atoms with Crippen LogP contribution in [0.25, 0.3) is 10.9 Å². The maximum atomic E-state index is 12.5. The van der Waals surface area contributed by atoms with Crippen LogP contribution in [0, 0.1) is 0 Å². The molecule has 3 rings (SSSR count). The van der Waals surface area contributed by atoms with Crippen LogP contribution in [0.3, 0.4) is 0 Å². The summed E-state index contributed by atoms with van der Waals surface area (Å²) in [6, 6.07) is 14.4. The first-order valence-electron chi connectivity index (χ1n) is 7.55. The Hall–Kier alpha value is -3.08. The van der Waals surface area contributed by atoms with E-state index >= 15 is 0 Å². The van der Waals surface area contributed by atoms with Gasteiger partial charge in [0, 0.05) is 29.2 Å². The smallest absolute Gasteiger partial charge is 0.272 e. The van der Waals surface area contributed by atoms with E-state index in [1.165, 1.54) is 6.92 Å². The molecule has 5 nitrogen and oxygen atoms in total. The van der Waals surface area contributed by atoms with Gasteiger partial charge < -0.3 is 14.6 Å². The van der Waals surface area contributed by atoms with Crippen LogP contribution in [0.2, 0.25) is 0 Å². The molecule has 1 aromatic heterocycles. The van der Waals surface area contributed by atoms with E-state index < -0.39 is 0 Å². The van der Waals surface area contributed by atoms with Gasteiger partial charge in [-0.3, -0.25) is 9.59 Å². The molecule has 3 aromatic rings. The number of carbonyl (C=O) groups excluding carboxylic acids is 2. The van der Waals surface area contributed by atoms with E-state index in [9.17, 15) is 9.59 Å². The zero-order valence-corrected chi connectivity index (χ0v) is 13.8. The lowest BCUT2D eigenvalue weighted by Gasteiger charge is -2.07. The van der Waals surface area contributed by atoms with Crippen LogP contribution in [-0.2, 0) is 7.05 Å². The summed E-state index contributed by atoms with van der Waals surface area (Å²) in [6.45, 7) is 1.51. The summed E-state index contributed by atoms with van der Waals surface area (Å²) < 4.78 is 7.06. The van der Waals surface area contributed by atoms with Gasteiger partial charge in [-0.15, -0.1) is 0 Å². The van der Waals surface area contributed by atoms with Crippen molar-refractivity contribution >= 4 is 28.3 Å². The zero-order chi connectivity index (χ0) is 17.3. The SMILES string of the molecule is COc1ccc2c(c1)cc(C(=O)Nc1ccc(C(C)=O)cc1)n2C. The summed E-state index contributed by atoms with van der Waals surface area (Å²) >= 11 is 0. The fraction of sp³-hybridized carbons (Fsp3) is 0.158. The summed E-state index contributed by atoms with van der Waals surface area (Å²) in [4.78, 5) is 23.8. The minimum absolute atomic E-state index is 0.00416. The van der Waals surface area contributed by atoms with Crippen LogP contribution in [0.4, 0.5) is 5.69 Å². The fourth-order valence-corrected chi connectivity index (χ4v) is 2.66. The third kappa shape index (κ3) is 2.88. The van der Waals surface area contributed by atoms with Gasteiger partial charge in [0.15, 0.2) is 5.78 Å². The minimum atomic E-state index is -0.205. The van der Waals surface area contributed by atoms with E-state index in [0.717, 1.165) is 16.7 Å². The van der Waals surface area contributed by atoms with Crippen LogP contribution in [0.1, 0.15) is 27.8 Å². The van der Waals surface area contributed by atoms with Gasteiger partial charge in [0.25, 0.3) is 5.91 Å². The molecule has 0 unspecified atom stereocenters. The van der Waals surface area contributed by atoms with E-state index in [-0.39, 0.29) is 11.7 Å². The third-order valence-electron chi connectivity index (χ3n) is 4.03. The van der Waals surface area contributed by atoms with Crippen molar-refractivity contribution < 1.29 is 14.3 Å². The number of nitrogens with zero attached hydrogens (tertiary/aromatic N) is 1. The Kier molecular flexibility index (Phi) is 4.08. The second-order valence-electron chi connectivity index (χ2n) is 5.60. The number of methoxy groups -OCH3 is 1. The maximum absolute atomic E-state index is 12.5. The maximum Gasteiger partial charge on any atom is 0.272 e. The van der Waals surface area contributed by atoms with Crippen molar-refractivity contribution in [3.05, 3.63) is 59.8 Å². The van der Waals surface area contributed by atoms with E-state index in [4.69, 9.17) is 4.74 Å². The van der Waals surface area contributed by atoms with Gasteiger partial charge >= 0.3 is 0 Å². The van der Waals surface area contributed by atoms with Crippen molar-refractivity contribution in [3.63, 3.8) is 0 Å². The number of ether oxygens (including phenoxy) is 1. The molecule has 5 heteroatoms. The van der Waals surface area contributed by atoms with Gasteiger partial charge in [-0.05, 0) is 55.5 Å². The predicted molar refractivity (Wildman–Crippen MR) is 93.9 cm³/mol. The number of ketones is 1. The largest absolute Gasteiger partial charge is 0.497 e. The summed E-state index contributed by atoms with van der Waals surface area (Å²) in [5.41, 5.74) is 2.76. The number of aromatic nitrogens is 1. The molecule has 2 aromatic carbocycles. The van der Waals surface area contributed by atoms with Crippen LogP contribution < -0.4 is 10.1 Å². The Morgan fingerprint density at radius 2 is 1.75 bits per heavy atom. The second-order valence-corrected chi connectivity index (χ2v) is 5.60. The molecule has 0 aliphatic carbocycles. The first-order chi connectivity index (χ1) is 11.5. The highest BCUT2D eigenvalue weighted by Gasteiger charge is 2.14. The molecular weight excluding hydrogens is 304 g/mol. The van der Waals surface area contributed by atoms with E-state index in [0.29, 0.717) is 16.9 Å². The predicted octanol–water partition coefficient (Wildman–Crippen LogP) is 3.64. The normalized spacial score (nSPS) is 10.6. The van der Waals surface area contributed by atoms with E-state index in [2.05, 4.69) is 5.32 Å². The quantitative estimate of drug-likeness (QED) is 0.746. The van der Waals surface area contributed by atoms with Crippen molar-refractivity contribution in [1.29, 1.82) is 0 Å². The fourth-order valence-electron chi connectivity index (χ4n) is 2.66. The van der Waals surface area contributed by atoms with E-state index in [1.807, 2.05) is 35.9 Å². The second kappa shape index (κ2) is 6.20. The molecule has 0 spiro atoms. The van der Waals surface area contributed by atoms with Crippen LogP contribution in [0.15, 0.2) is 48.5 Å². The Bertz CT molecular complexity index is 924. The number of hydrogen-bond donors (Lipinski definition) is 1. The molecule has 122 valence electrons. The van der Waals surface area contributed by atoms with Crippen molar-refractivity contribution in [2.24, 2.45) is 7.05 Å². The average molecular weight is 322 g/mol. The monoisotopic (exact) mass is 322 g/mol. The molecule has 0 aliphatic rings. The highest BCUT2D eigenvalue weighted by Crippen LogP contribution is 2.24. The Balaban J connectivity index is 1.88. The molecule has 1 amide bonds. The number of anilines is 1. The van der Waals surface area contributed by atoms with Crippen LogP contribution in [0.5, 0.6) is 5.75 Å². The number of hydrogen-bond acceptors (Lipinski definition) is 3. The molecule has 1 heterocycles. The number of amides is 1. The van der Waals surface area contributed by atoms with Crippen molar-refractivity contribution in [2.75, 3.05) is 12.4 Å². The Labute approximate surface area is 139 Å². The molecule has 24 heavy (non-hydrogen) atoms. The summed E-state index contributed by atoms with van der Waals surface area (Å²) in [6.07, 6.45) is 0. The number of Topliss-reactive ketones (excluding diaryl/α,β-unsaturated/α-hetero) is 1. The number of carbonyl (C=O) groups is 2. The molecule has 0 bridgehead atoms. The molecular formula is C19H18N2O3. The standard InChI is InChI=1S/C19H18N2O3/c1-12(22)13-4-6-15(7-5-13)20-19(23)18-11-14-10-16(24-3)8-9-17(14)21(18)2/h4-11H,1-3H3,(H,20,23). The topological polar surface area (TPSA) is 60.3 Å². The molecule has 0 aliphatic heterocycles. The summed E-state index contributed by atoms with van der Waals surface area (Å²) in [5, 5.41) is 3.79. The molecule has 0 saturated heterocycles. The lowest BCUT2D eigenvalue weighted by atomic mass is 10.1.